The molecular weight excluding hydrogens is 912 g/mol. The van der Waals surface area contributed by atoms with Crippen LogP contribution >= 0.6 is 11.3 Å². The van der Waals surface area contributed by atoms with Crippen LogP contribution in [-0.2, 0) is 27.3 Å². The van der Waals surface area contributed by atoms with Gasteiger partial charge in [0.25, 0.3) is 11.7 Å². The number of carbonyl (C=O) groups is 4. The minimum absolute atomic E-state index is 0.0176. The largest absolute Gasteiger partial charge is 0.493 e. The molecule has 8 rings (SSSR count). The number of fused-ring (bicyclic) bond motifs is 2. The van der Waals surface area contributed by atoms with Crippen molar-refractivity contribution in [1.82, 2.24) is 50.4 Å². The zero-order valence-electron chi connectivity index (χ0n) is 39.9. The summed E-state index contributed by atoms with van der Waals surface area (Å²) in [6.07, 6.45) is 7.78. The normalized spacial score (nSPS) is 15.3. The van der Waals surface area contributed by atoms with Crippen LogP contribution in [0.3, 0.4) is 0 Å². The van der Waals surface area contributed by atoms with E-state index in [1.807, 2.05) is 70.2 Å². The maximum absolute atomic E-state index is 15.5. The Morgan fingerprint density at radius 2 is 1.73 bits per heavy atom. The molecule has 18 heteroatoms. The van der Waals surface area contributed by atoms with Gasteiger partial charge in [0.2, 0.25) is 17.7 Å². The maximum atomic E-state index is 15.5. The first-order valence-corrected chi connectivity index (χ1v) is 24.3. The van der Waals surface area contributed by atoms with E-state index < -0.39 is 47.1 Å². The number of hydrogen-bond donors (Lipinski definition) is 4. The number of hydrogen-bond acceptors (Lipinski definition) is 12. The molecule has 0 aliphatic carbocycles. The quantitative estimate of drug-likeness (QED) is 0.0645. The van der Waals surface area contributed by atoms with E-state index in [1.165, 1.54) is 41.5 Å². The molecule has 0 saturated carbocycles. The number of nitrogens with one attached hydrogen (secondary N) is 3. The Morgan fingerprint density at radius 1 is 0.929 bits per heavy atom. The van der Waals surface area contributed by atoms with Crippen LogP contribution in [0, 0.1) is 18.2 Å². The number of ether oxygens (including phenoxy) is 1. The minimum Gasteiger partial charge on any atom is -0.493 e. The lowest BCUT2D eigenvalue weighted by Gasteiger charge is -2.35. The molecule has 4 N–H and O–H groups in total. The van der Waals surface area contributed by atoms with Crippen LogP contribution in [0.2, 0.25) is 0 Å². The van der Waals surface area contributed by atoms with E-state index in [0.717, 1.165) is 63.1 Å². The number of amides is 4. The number of halogens is 1. The van der Waals surface area contributed by atoms with E-state index in [2.05, 4.69) is 42.0 Å². The number of aliphatic hydroxyl groups excluding tert-OH is 1. The van der Waals surface area contributed by atoms with Crippen LogP contribution in [0.15, 0.2) is 90.8 Å². The van der Waals surface area contributed by atoms with E-state index in [0.29, 0.717) is 48.8 Å². The molecule has 3 aromatic carbocycles. The zero-order chi connectivity index (χ0) is 49.5. The summed E-state index contributed by atoms with van der Waals surface area (Å²) in [5.41, 5.74) is 7.35. The molecule has 7 aromatic rings. The number of aromatic nitrogens is 6. The highest BCUT2D eigenvalue weighted by Gasteiger charge is 2.44. The SMILES string of the molecule is CC(=O)N[C@H](C(=O)N1C[C@H](O)C[C@H]1C(=O)NCc1ccc(-c2scnc2C)cc1OCCCCCCNC(=O)c1ccc(-c2cnc3ncc(Cc4ccc5ncccc5c4)n3n2)cc1F)C(C)(C)C. The lowest BCUT2D eigenvalue weighted by Crippen LogP contribution is -2.57. The van der Waals surface area contributed by atoms with E-state index in [1.54, 1.807) is 28.5 Å². The summed E-state index contributed by atoms with van der Waals surface area (Å²) in [5, 5.41) is 24.8. The molecule has 5 heterocycles. The Kier molecular flexibility index (Phi) is 15.2. The monoisotopic (exact) mass is 968 g/mol. The summed E-state index contributed by atoms with van der Waals surface area (Å²) >= 11 is 1.52. The fourth-order valence-electron chi connectivity index (χ4n) is 8.61. The lowest BCUT2D eigenvalue weighted by atomic mass is 9.85. The van der Waals surface area contributed by atoms with E-state index in [9.17, 15) is 24.3 Å². The highest BCUT2D eigenvalue weighted by Crippen LogP contribution is 2.33. The average molecular weight is 969 g/mol. The van der Waals surface area contributed by atoms with Gasteiger partial charge in [-0.3, -0.25) is 24.2 Å². The predicted molar refractivity (Wildman–Crippen MR) is 264 cm³/mol. The Labute approximate surface area is 409 Å². The number of β-amino-alcohol motifs (C(OH)–C–C–N with tert-alkyl or cyclic N) is 1. The molecule has 1 fully saturated rings. The maximum Gasteiger partial charge on any atom is 0.254 e. The molecule has 1 saturated heterocycles. The molecule has 1 aliphatic heterocycles. The number of nitrogens with zero attached hydrogens (tertiary/aromatic N) is 7. The van der Waals surface area contributed by atoms with Crippen LogP contribution in [0.25, 0.3) is 38.4 Å². The Balaban J connectivity index is 0.819. The van der Waals surface area contributed by atoms with Crippen molar-refractivity contribution in [1.29, 1.82) is 0 Å². The fraction of sp³-hybridized carbons (Fsp3) is 0.365. The number of rotatable bonds is 18. The van der Waals surface area contributed by atoms with Crippen molar-refractivity contribution in [3.05, 3.63) is 125 Å². The number of aliphatic hydroxyl groups is 1. The van der Waals surface area contributed by atoms with E-state index >= 15 is 4.39 Å². The molecular formula is C52H57FN10O6S. The zero-order valence-corrected chi connectivity index (χ0v) is 40.7. The van der Waals surface area contributed by atoms with Gasteiger partial charge in [0.1, 0.15) is 29.3 Å². The number of benzene rings is 3. The van der Waals surface area contributed by atoms with Crippen molar-refractivity contribution in [3.8, 4) is 27.4 Å². The first-order chi connectivity index (χ1) is 33.6. The third kappa shape index (κ3) is 11.6. The van der Waals surface area contributed by atoms with Gasteiger partial charge in [-0.25, -0.2) is 23.9 Å². The van der Waals surface area contributed by atoms with Crippen molar-refractivity contribution in [2.24, 2.45) is 5.41 Å². The molecule has 16 nitrogen and oxygen atoms in total. The van der Waals surface area contributed by atoms with Gasteiger partial charge >= 0.3 is 0 Å². The molecule has 0 bridgehead atoms. The van der Waals surface area contributed by atoms with Gasteiger partial charge in [0.15, 0.2) is 0 Å². The van der Waals surface area contributed by atoms with E-state index in [-0.39, 0.29) is 31.0 Å². The van der Waals surface area contributed by atoms with Gasteiger partial charge in [-0.15, -0.1) is 11.3 Å². The second kappa shape index (κ2) is 21.6. The van der Waals surface area contributed by atoms with Crippen LogP contribution in [0.4, 0.5) is 4.39 Å². The Bertz CT molecular complexity index is 3040. The Morgan fingerprint density at radius 3 is 2.50 bits per heavy atom. The van der Waals surface area contributed by atoms with Crippen LogP contribution in [0.5, 0.6) is 5.75 Å². The number of thiazole rings is 1. The minimum atomic E-state index is -0.917. The third-order valence-electron chi connectivity index (χ3n) is 12.3. The summed E-state index contributed by atoms with van der Waals surface area (Å²) < 4.78 is 23.4. The number of carbonyl (C=O) groups excluding carboxylic acids is 4. The molecule has 0 radical (unpaired) electrons. The standard InChI is InChI=1S/C52H57FN10O6S/c1-31-46(70-30-59-31)36-13-14-37(26-56-49(67)44-25-39(65)29-62(44)50(68)47(52(3,4)5)60-32(2)64)45(24-36)69-20-9-7-6-8-18-55-48(66)40-16-15-35(23-41(40)53)43-28-58-51-57-27-38(63(51)61-43)22-33-12-17-42-34(21-33)11-10-19-54-42/h10-17,19,21,23-24,27-28,30,39,44,47,65H,6-9,18,20,22,25-26,29H2,1-5H3,(H,55,66)(H,56,67)(H,60,64)/t39-,44+,47-/m1/s1. The predicted octanol–water partition coefficient (Wildman–Crippen LogP) is 7.00. The fourth-order valence-corrected chi connectivity index (χ4v) is 9.42. The van der Waals surface area contributed by atoms with Gasteiger partial charge in [0.05, 0.1) is 58.0 Å². The number of unbranched alkanes of at least 4 members (excludes halogenated alkanes) is 3. The van der Waals surface area contributed by atoms with Gasteiger partial charge in [-0.2, -0.15) is 5.10 Å². The van der Waals surface area contributed by atoms with E-state index in [4.69, 9.17) is 9.84 Å². The average Bonchev–Trinajstić information content (AvgIpc) is 4.07. The first-order valence-electron chi connectivity index (χ1n) is 23.4. The van der Waals surface area contributed by atoms with Gasteiger partial charge in [-0.1, -0.05) is 63.9 Å². The van der Waals surface area contributed by atoms with Gasteiger partial charge in [0, 0.05) is 62.1 Å². The second-order valence-corrected chi connectivity index (χ2v) is 19.6. The molecule has 4 amide bonds. The smallest absolute Gasteiger partial charge is 0.254 e. The topological polar surface area (TPSA) is 206 Å². The number of likely N-dealkylation sites (tertiary alicyclic amines) is 1. The number of aryl methyl sites for hydroxylation is 1. The highest BCUT2D eigenvalue weighted by atomic mass is 32.1. The van der Waals surface area contributed by atoms with Crippen molar-refractivity contribution < 1.29 is 33.4 Å². The molecule has 0 spiro atoms. The second-order valence-electron chi connectivity index (χ2n) is 18.7. The van der Waals surface area contributed by atoms with Gasteiger partial charge in [-0.05, 0) is 72.7 Å². The number of pyridine rings is 1. The summed E-state index contributed by atoms with van der Waals surface area (Å²) in [4.78, 5) is 72.4. The summed E-state index contributed by atoms with van der Waals surface area (Å²) in [6.45, 7) is 9.64. The highest BCUT2D eigenvalue weighted by molar-refractivity contribution is 7.13. The molecule has 4 aromatic heterocycles. The first kappa shape index (κ1) is 49.2. The molecule has 70 heavy (non-hydrogen) atoms. The lowest BCUT2D eigenvalue weighted by molar-refractivity contribution is -0.143. The van der Waals surface area contributed by atoms with Crippen molar-refractivity contribution >= 4 is 51.6 Å². The number of imidazole rings is 1. The molecule has 364 valence electrons. The van der Waals surface area contributed by atoms with Crippen molar-refractivity contribution in [2.45, 2.75) is 97.9 Å². The molecule has 3 atom stereocenters. The molecule has 1 aliphatic rings. The Hall–Kier alpha value is -7.18. The van der Waals surface area contributed by atoms with Crippen LogP contribution < -0.4 is 20.7 Å². The summed E-state index contributed by atoms with van der Waals surface area (Å²) in [5.74, 6) is -1.35. The van der Waals surface area contributed by atoms with Crippen molar-refractivity contribution in [2.75, 3.05) is 19.7 Å². The van der Waals surface area contributed by atoms with Crippen LogP contribution in [0.1, 0.15) is 92.7 Å². The summed E-state index contributed by atoms with van der Waals surface area (Å²) in [6, 6.07) is 18.4. The van der Waals surface area contributed by atoms with Gasteiger partial charge < -0.3 is 30.7 Å². The third-order valence-corrected chi connectivity index (χ3v) is 13.3. The van der Waals surface area contributed by atoms with Crippen LogP contribution in [-0.4, -0.2) is 101 Å². The van der Waals surface area contributed by atoms with Crippen molar-refractivity contribution in [3.63, 3.8) is 0 Å². The molecule has 0 unspecified atom stereocenters. The summed E-state index contributed by atoms with van der Waals surface area (Å²) in [7, 11) is 0.